The second-order valence-corrected chi connectivity index (χ2v) is 8.65. The first kappa shape index (κ1) is 18.6. The first-order valence-electron chi connectivity index (χ1n) is 10.6. The molecule has 3 aromatic carbocycles. The average Bonchev–Trinajstić information content (AvgIpc) is 3.41. The Morgan fingerprint density at radius 1 is 0.567 bits per heavy atom. The van der Waals surface area contributed by atoms with Crippen LogP contribution in [-0.4, -0.2) is 19.9 Å². The van der Waals surface area contributed by atoms with Crippen molar-refractivity contribution in [1.82, 2.24) is 19.9 Å². The van der Waals surface area contributed by atoms with Crippen molar-refractivity contribution in [2.24, 2.45) is 0 Å². The number of nitrogens with one attached hydrogen (secondary N) is 2. The molecular weight excluding hydrogens is 368 g/mol. The van der Waals surface area contributed by atoms with E-state index in [0.717, 1.165) is 34.2 Å². The highest BCUT2D eigenvalue weighted by Crippen LogP contribution is 2.30. The number of imidazole rings is 2. The minimum absolute atomic E-state index is 0.392. The Kier molecular flexibility index (Phi) is 4.43. The Bertz CT molecular complexity index is 1250. The molecule has 0 aliphatic carbocycles. The van der Waals surface area contributed by atoms with Gasteiger partial charge in [0.25, 0.3) is 0 Å². The fourth-order valence-corrected chi connectivity index (χ4v) is 3.89. The number of benzene rings is 3. The van der Waals surface area contributed by atoms with Crippen LogP contribution in [0.15, 0.2) is 60.9 Å². The molecule has 150 valence electrons. The third-order valence-electron chi connectivity index (χ3n) is 5.70. The Labute approximate surface area is 176 Å². The van der Waals surface area contributed by atoms with E-state index in [0.29, 0.717) is 11.8 Å². The molecule has 0 bridgehead atoms. The van der Waals surface area contributed by atoms with Gasteiger partial charge in [0.2, 0.25) is 0 Å². The predicted octanol–water partition coefficient (Wildman–Crippen LogP) is 7.02. The van der Waals surface area contributed by atoms with E-state index in [2.05, 4.69) is 96.2 Å². The van der Waals surface area contributed by atoms with Crippen LogP contribution in [0.4, 0.5) is 0 Å². The zero-order chi connectivity index (χ0) is 20.8. The number of fused-ring (bicyclic) bond motifs is 2. The molecule has 5 aromatic rings. The molecule has 30 heavy (non-hydrogen) atoms. The minimum Gasteiger partial charge on any atom is -0.342 e. The van der Waals surface area contributed by atoms with Gasteiger partial charge in [0, 0.05) is 23.0 Å². The van der Waals surface area contributed by atoms with Crippen LogP contribution < -0.4 is 0 Å². The van der Waals surface area contributed by atoms with Crippen molar-refractivity contribution in [2.75, 3.05) is 0 Å². The average molecular weight is 395 g/mol. The molecule has 0 saturated carbocycles. The highest BCUT2D eigenvalue weighted by atomic mass is 14.9. The topological polar surface area (TPSA) is 57.4 Å². The number of aromatic amines is 2. The van der Waals surface area contributed by atoms with E-state index in [9.17, 15) is 0 Å². The van der Waals surface area contributed by atoms with Gasteiger partial charge in [-0.3, -0.25) is 0 Å². The van der Waals surface area contributed by atoms with Crippen LogP contribution >= 0.6 is 0 Å². The van der Waals surface area contributed by atoms with Crippen molar-refractivity contribution in [3.8, 4) is 22.5 Å². The molecule has 2 aromatic heterocycles. The summed E-state index contributed by atoms with van der Waals surface area (Å²) < 4.78 is 0. The van der Waals surface area contributed by atoms with Crippen LogP contribution in [0.25, 0.3) is 44.1 Å². The summed E-state index contributed by atoms with van der Waals surface area (Å²) in [6.07, 6.45) is 3.86. The van der Waals surface area contributed by atoms with Crippen molar-refractivity contribution in [3.63, 3.8) is 0 Å². The van der Waals surface area contributed by atoms with Gasteiger partial charge < -0.3 is 9.97 Å². The summed E-state index contributed by atoms with van der Waals surface area (Å²) in [6, 6.07) is 17.7. The van der Waals surface area contributed by atoms with Gasteiger partial charge in [-0.05, 0) is 45.8 Å². The van der Waals surface area contributed by atoms with Crippen LogP contribution in [0.5, 0.6) is 0 Å². The molecule has 5 rings (SSSR count). The van der Waals surface area contributed by atoms with Crippen LogP contribution in [0, 0.1) is 0 Å². The normalized spacial score (nSPS) is 11.9. The largest absolute Gasteiger partial charge is 0.342 e. The quantitative estimate of drug-likeness (QED) is 0.322. The molecule has 0 aliphatic rings. The van der Waals surface area contributed by atoms with Gasteiger partial charge in [0.1, 0.15) is 11.6 Å². The van der Waals surface area contributed by atoms with Gasteiger partial charge in [0.15, 0.2) is 0 Å². The number of H-pyrrole nitrogens is 2. The SMILES string of the molecule is CC(C)c1ncc(-c2ccc3cc4cc(-c5cnc(C(C)C)[nH]5)ccc4cc3c2)[nH]1. The zero-order valence-corrected chi connectivity index (χ0v) is 17.8. The maximum Gasteiger partial charge on any atom is 0.109 e. The molecule has 0 saturated heterocycles. The van der Waals surface area contributed by atoms with Crippen molar-refractivity contribution in [2.45, 2.75) is 39.5 Å². The maximum absolute atomic E-state index is 4.51. The summed E-state index contributed by atoms with van der Waals surface area (Å²) in [4.78, 5) is 15.9. The third-order valence-corrected chi connectivity index (χ3v) is 5.70. The van der Waals surface area contributed by atoms with Crippen LogP contribution in [0.1, 0.15) is 51.2 Å². The monoisotopic (exact) mass is 394 g/mol. The lowest BCUT2D eigenvalue weighted by atomic mass is 9.99. The predicted molar refractivity (Wildman–Crippen MR) is 125 cm³/mol. The molecule has 4 heteroatoms. The number of hydrogen-bond acceptors (Lipinski definition) is 2. The summed E-state index contributed by atoms with van der Waals surface area (Å²) in [5, 5.41) is 4.94. The van der Waals surface area contributed by atoms with E-state index in [-0.39, 0.29) is 0 Å². The standard InChI is InChI=1S/C26H26N4/c1-15(2)25-27-13-23(29-25)19-7-5-17-10-22-12-20(8-6-18(22)9-21(17)11-19)24-14-28-26(30-24)16(3)4/h5-16H,1-4H3,(H,27,29)(H,28,30). The van der Waals surface area contributed by atoms with Gasteiger partial charge in [-0.2, -0.15) is 0 Å². The van der Waals surface area contributed by atoms with E-state index in [1.807, 2.05) is 12.4 Å². The van der Waals surface area contributed by atoms with Crippen LogP contribution in [-0.2, 0) is 0 Å². The Hall–Kier alpha value is -3.40. The summed E-state index contributed by atoms with van der Waals surface area (Å²) >= 11 is 0. The molecule has 0 aliphatic heterocycles. The summed E-state index contributed by atoms with van der Waals surface area (Å²) in [7, 11) is 0. The molecular formula is C26H26N4. The fourth-order valence-electron chi connectivity index (χ4n) is 3.89. The second-order valence-electron chi connectivity index (χ2n) is 8.65. The van der Waals surface area contributed by atoms with E-state index in [1.54, 1.807) is 0 Å². The van der Waals surface area contributed by atoms with Crippen LogP contribution in [0.3, 0.4) is 0 Å². The lowest BCUT2D eigenvalue weighted by molar-refractivity contribution is 0.795. The van der Waals surface area contributed by atoms with Crippen LogP contribution in [0.2, 0.25) is 0 Å². The molecule has 0 spiro atoms. The maximum atomic E-state index is 4.51. The molecule has 4 nitrogen and oxygen atoms in total. The van der Waals surface area contributed by atoms with Gasteiger partial charge in [-0.15, -0.1) is 0 Å². The highest BCUT2D eigenvalue weighted by molar-refractivity contribution is 6.00. The second kappa shape index (κ2) is 7.13. The van der Waals surface area contributed by atoms with E-state index in [4.69, 9.17) is 0 Å². The van der Waals surface area contributed by atoms with Crippen molar-refractivity contribution in [1.29, 1.82) is 0 Å². The van der Waals surface area contributed by atoms with Gasteiger partial charge in [-0.1, -0.05) is 52.0 Å². The fraction of sp³-hybridized carbons (Fsp3) is 0.231. The summed E-state index contributed by atoms with van der Waals surface area (Å²) in [6.45, 7) is 8.60. The molecule has 0 atom stereocenters. The third kappa shape index (κ3) is 3.28. The Morgan fingerprint density at radius 2 is 1.00 bits per heavy atom. The van der Waals surface area contributed by atoms with E-state index >= 15 is 0 Å². The van der Waals surface area contributed by atoms with Gasteiger partial charge in [0.05, 0.1) is 23.8 Å². The molecule has 0 radical (unpaired) electrons. The van der Waals surface area contributed by atoms with Gasteiger partial charge >= 0.3 is 0 Å². The molecule has 2 N–H and O–H groups in total. The van der Waals surface area contributed by atoms with Crippen molar-refractivity contribution < 1.29 is 0 Å². The smallest absolute Gasteiger partial charge is 0.109 e. The van der Waals surface area contributed by atoms with Gasteiger partial charge in [-0.25, -0.2) is 9.97 Å². The van der Waals surface area contributed by atoms with E-state index < -0.39 is 0 Å². The molecule has 2 heterocycles. The zero-order valence-electron chi connectivity index (χ0n) is 17.8. The molecule has 0 unspecified atom stereocenters. The van der Waals surface area contributed by atoms with Crippen molar-refractivity contribution in [3.05, 3.63) is 72.6 Å². The minimum atomic E-state index is 0.392. The Balaban J connectivity index is 1.55. The summed E-state index contributed by atoms with van der Waals surface area (Å²) in [5.74, 6) is 2.83. The lowest BCUT2D eigenvalue weighted by Crippen LogP contribution is -1.89. The lowest BCUT2D eigenvalue weighted by Gasteiger charge is -2.07. The van der Waals surface area contributed by atoms with E-state index in [1.165, 1.54) is 21.5 Å². The number of hydrogen-bond donors (Lipinski definition) is 2. The summed E-state index contributed by atoms with van der Waals surface area (Å²) in [5.41, 5.74) is 4.46. The number of aromatic nitrogens is 4. The first-order chi connectivity index (χ1) is 14.5. The van der Waals surface area contributed by atoms with Crippen molar-refractivity contribution >= 4 is 21.5 Å². The molecule has 0 fully saturated rings. The Morgan fingerprint density at radius 3 is 1.37 bits per heavy atom. The number of nitrogens with zero attached hydrogens (tertiary/aromatic N) is 2. The highest BCUT2D eigenvalue weighted by Gasteiger charge is 2.09. The number of rotatable bonds is 4. The molecule has 0 amide bonds. The first-order valence-corrected chi connectivity index (χ1v) is 10.6.